The third-order valence-corrected chi connectivity index (χ3v) is 4.92. The van der Waals surface area contributed by atoms with E-state index >= 15 is 0 Å². The van der Waals surface area contributed by atoms with Gasteiger partial charge in [0.05, 0.1) is 0 Å². The van der Waals surface area contributed by atoms with Gasteiger partial charge in [-0.3, -0.25) is 0 Å². The smallest absolute Gasteiger partial charge is 0.134 e. The molecule has 0 aliphatic heterocycles. The van der Waals surface area contributed by atoms with E-state index in [4.69, 9.17) is 4.42 Å². The van der Waals surface area contributed by atoms with Crippen molar-refractivity contribution < 1.29 is 4.42 Å². The zero-order chi connectivity index (χ0) is 18.9. The van der Waals surface area contributed by atoms with E-state index in [1.165, 1.54) is 16.7 Å². The number of hydrogen-bond donors (Lipinski definition) is 0. The fourth-order valence-corrected chi connectivity index (χ4v) is 3.24. The van der Waals surface area contributed by atoms with Gasteiger partial charge in [0.25, 0.3) is 0 Å². The van der Waals surface area contributed by atoms with Crippen molar-refractivity contribution in [3.63, 3.8) is 0 Å². The lowest BCUT2D eigenvalue weighted by Gasteiger charge is -2.18. The van der Waals surface area contributed by atoms with Crippen LogP contribution in [0.4, 0.5) is 0 Å². The summed E-state index contributed by atoms with van der Waals surface area (Å²) in [5.74, 6) is 1.79. The Balaban J connectivity index is 1.57. The summed E-state index contributed by atoms with van der Waals surface area (Å²) in [6.07, 6.45) is 0. The molecule has 4 rings (SSSR count). The molecule has 0 bridgehead atoms. The van der Waals surface area contributed by atoms with Crippen molar-refractivity contribution >= 4 is 0 Å². The van der Waals surface area contributed by atoms with Crippen LogP contribution in [0, 0.1) is 0 Å². The van der Waals surface area contributed by atoms with Gasteiger partial charge in [-0.1, -0.05) is 99.6 Å². The van der Waals surface area contributed by atoms with E-state index in [1.807, 2.05) is 18.2 Å². The minimum atomic E-state index is 0.160. The molecule has 0 amide bonds. The summed E-state index contributed by atoms with van der Waals surface area (Å²) in [6.45, 7) is 6.68. The van der Waals surface area contributed by atoms with Gasteiger partial charge >= 0.3 is 0 Å². The van der Waals surface area contributed by atoms with Crippen molar-refractivity contribution in [1.29, 1.82) is 0 Å². The van der Waals surface area contributed by atoms with Crippen LogP contribution in [0.25, 0.3) is 33.8 Å². The molecule has 0 unspecified atom stereocenters. The maximum atomic E-state index is 6.13. The topological polar surface area (TPSA) is 13.1 Å². The Bertz CT molecular complexity index is 1010. The van der Waals surface area contributed by atoms with Crippen molar-refractivity contribution in [1.82, 2.24) is 0 Å². The maximum absolute atomic E-state index is 6.13. The average molecular weight is 352 g/mol. The van der Waals surface area contributed by atoms with Crippen LogP contribution in [0.1, 0.15) is 26.3 Å². The Morgan fingerprint density at radius 2 is 0.926 bits per heavy atom. The van der Waals surface area contributed by atoms with E-state index in [0.29, 0.717) is 0 Å². The van der Waals surface area contributed by atoms with Crippen molar-refractivity contribution in [3.05, 3.63) is 96.6 Å². The molecule has 0 N–H and O–H groups in total. The molecule has 0 spiro atoms. The summed E-state index contributed by atoms with van der Waals surface area (Å²) in [6, 6.07) is 31.7. The highest BCUT2D eigenvalue weighted by molar-refractivity contribution is 5.70. The second kappa shape index (κ2) is 6.92. The predicted octanol–water partition coefficient (Wildman–Crippen LogP) is 7.58. The Morgan fingerprint density at radius 3 is 1.44 bits per heavy atom. The Labute approximate surface area is 161 Å². The molecule has 3 aromatic carbocycles. The van der Waals surface area contributed by atoms with Gasteiger partial charge in [0.1, 0.15) is 11.5 Å². The first kappa shape index (κ1) is 17.4. The summed E-state index contributed by atoms with van der Waals surface area (Å²) in [4.78, 5) is 0. The first-order valence-electron chi connectivity index (χ1n) is 9.37. The van der Waals surface area contributed by atoms with Crippen molar-refractivity contribution in [2.24, 2.45) is 0 Å². The van der Waals surface area contributed by atoms with E-state index < -0.39 is 0 Å². The lowest BCUT2D eigenvalue weighted by Crippen LogP contribution is -2.10. The van der Waals surface area contributed by atoms with E-state index in [1.54, 1.807) is 0 Å². The third-order valence-electron chi connectivity index (χ3n) is 4.92. The second-order valence-corrected chi connectivity index (χ2v) is 7.93. The molecule has 0 aliphatic rings. The molecule has 0 radical (unpaired) electrons. The summed E-state index contributed by atoms with van der Waals surface area (Å²) in [5, 5.41) is 0. The quantitative estimate of drug-likeness (QED) is 0.370. The van der Waals surface area contributed by atoms with Gasteiger partial charge in [-0.25, -0.2) is 0 Å². The first-order valence-corrected chi connectivity index (χ1v) is 9.37. The van der Waals surface area contributed by atoms with Gasteiger partial charge in [0.15, 0.2) is 0 Å². The number of rotatable bonds is 3. The molecule has 27 heavy (non-hydrogen) atoms. The molecule has 4 aromatic rings. The number of hydrogen-bond acceptors (Lipinski definition) is 1. The van der Waals surface area contributed by atoms with Crippen LogP contribution in [-0.2, 0) is 5.41 Å². The zero-order valence-electron chi connectivity index (χ0n) is 16.1. The van der Waals surface area contributed by atoms with Crippen molar-refractivity contribution in [2.45, 2.75) is 26.2 Å². The minimum absolute atomic E-state index is 0.160. The van der Waals surface area contributed by atoms with Gasteiger partial charge in [-0.2, -0.15) is 0 Å². The molecular weight excluding hydrogens is 328 g/mol. The molecule has 134 valence electrons. The molecule has 0 saturated heterocycles. The molecule has 1 aromatic heterocycles. The third kappa shape index (κ3) is 3.73. The normalized spacial score (nSPS) is 11.5. The standard InChI is InChI=1S/C26H24O/c1-26(2,3)23-15-13-22(14-16-23)25-18-17-24(27-25)21-11-9-20(10-12-21)19-7-5-4-6-8-19/h4-18H,1-3H3. The van der Waals surface area contributed by atoms with E-state index in [9.17, 15) is 0 Å². The van der Waals surface area contributed by atoms with Crippen molar-refractivity contribution in [2.75, 3.05) is 0 Å². The summed E-state index contributed by atoms with van der Waals surface area (Å²) in [5.41, 5.74) is 6.12. The first-order chi connectivity index (χ1) is 13.0. The van der Waals surface area contributed by atoms with Crippen LogP contribution in [0.2, 0.25) is 0 Å². The zero-order valence-corrected chi connectivity index (χ0v) is 16.1. The van der Waals surface area contributed by atoms with E-state index in [-0.39, 0.29) is 5.41 Å². The van der Waals surface area contributed by atoms with E-state index in [0.717, 1.165) is 22.6 Å². The lowest BCUT2D eigenvalue weighted by atomic mass is 9.86. The minimum Gasteiger partial charge on any atom is -0.456 e. The van der Waals surface area contributed by atoms with Gasteiger partial charge in [0, 0.05) is 11.1 Å². The van der Waals surface area contributed by atoms with Gasteiger partial charge in [0.2, 0.25) is 0 Å². The summed E-state index contributed by atoms with van der Waals surface area (Å²) >= 11 is 0. The molecule has 0 fully saturated rings. The highest BCUT2D eigenvalue weighted by atomic mass is 16.3. The summed E-state index contributed by atoms with van der Waals surface area (Å²) < 4.78 is 6.13. The molecule has 0 saturated carbocycles. The highest BCUT2D eigenvalue weighted by Gasteiger charge is 2.14. The molecular formula is C26H24O. The van der Waals surface area contributed by atoms with Gasteiger partial charge in [-0.15, -0.1) is 0 Å². The fraction of sp³-hybridized carbons (Fsp3) is 0.154. The Hall–Kier alpha value is -3.06. The van der Waals surface area contributed by atoms with Crippen LogP contribution in [0.15, 0.2) is 95.4 Å². The largest absolute Gasteiger partial charge is 0.456 e. The number of benzene rings is 3. The Morgan fingerprint density at radius 1 is 0.481 bits per heavy atom. The second-order valence-electron chi connectivity index (χ2n) is 7.93. The van der Waals surface area contributed by atoms with Crippen LogP contribution in [0.3, 0.4) is 0 Å². The number of furan rings is 1. The SMILES string of the molecule is CC(C)(C)c1ccc(-c2ccc(-c3ccc(-c4ccccc4)cc3)o2)cc1. The highest BCUT2D eigenvalue weighted by Crippen LogP contribution is 2.31. The van der Waals surface area contributed by atoms with Gasteiger partial charge < -0.3 is 4.42 Å². The van der Waals surface area contributed by atoms with E-state index in [2.05, 4.69) is 93.6 Å². The monoisotopic (exact) mass is 352 g/mol. The molecule has 0 aliphatic carbocycles. The van der Waals surface area contributed by atoms with Gasteiger partial charge in [-0.05, 0) is 34.2 Å². The molecule has 1 nitrogen and oxygen atoms in total. The van der Waals surface area contributed by atoms with Crippen LogP contribution in [-0.4, -0.2) is 0 Å². The summed E-state index contributed by atoms with van der Waals surface area (Å²) in [7, 11) is 0. The predicted molar refractivity (Wildman–Crippen MR) is 114 cm³/mol. The van der Waals surface area contributed by atoms with Crippen molar-refractivity contribution in [3.8, 4) is 33.8 Å². The molecule has 1 heteroatoms. The molecule has 1 heterocycles. The van der Waals surface area contributed by atoms with Crippen LogP contribution in [0.5, 0.6) is 0 Å². The molecule has 0 atom stereocenters. The van der Waals surface area contributed by atoms with Crippen LogP contribution < -0.4 is 0 Å². The lowest BCUT2D eigenvalue weighted by molar-refractivity contribution is 0.588. The van der Waals surface area contributed by atoms with Crippen LogP contribution >= 0.6 is 0 Å². The average Bonchev–Trinajstić information content (AvgIpc) is 3.18. The maximum Gasteiger partial charge on any atom is 0.134 e. The fourth-order valence-electron chi connectivity index (χ4n) is 3.24. The Kier molecular flexibility index (Phi) is 4.45.